The summed E-state index contributed by atoms with van der Waals surface area (Å²) in [5.41, 5.74) is 2.63. The van der Waals surface area contributed by atoms with Gasteiger partial charge in [0, 0.05) is 33.2 Å². The fourth-order valence-corrected chi connectivity index (χ4v) is 3.43. The second-order valence-corrected chi connectivity index (χ2v) is 8.19. The van der Waals surface area contributed by atoms with Gasteiger partial charge in [0.2, 0.25) is 0 Å². The molecule has 2 atom stereocenters. The predicted octanol–water partition coefficient (Wildman–Crippen LogP) is 6.40. The van der Waals surface area contributed by atoms with Crippen molar-refractivity contribution in [3.05, 3.63) is 103 Å². The maximum atomic E-state index is 10.9. The van der Waals surface area contributed by atoms with Gasteiger partial charge in [0.25, 0.3) is 5.69 Å². The van der Waals surface area contributed by atoms with Gasteiger partial charge >= 0.3 is 0 Å². The molecule has 144 valence electrons. The van der Waals surface area contributed by atoms with Crippen molar-refractivity contribution in [2.24, 2.45) is 0 Å². The van der Waals surface area contributed by atoms with E-state index < -0.39 is 11.0 Å². The molecule has 0 saturated carbocycles. The van der Waals surface area contributed by atoms with E-state index in [4.69, 9.17) is 0 Å². The highest BCUT2D eigenvalue weighted by Crippen LogP contribution is 2.31. The molecule has 7 heteroatoms. The van der Waals surface area contributed by atoms with Gasteiger partial charge in [0.15, 0.2) is 0 Å². The third-order valence-electron chi connectivity index (χ3n) is 4.41. The molecular formula is C21H18Br2N2O3. The van der Waals surface area contributed by atoms with E-state index in [1.165, 1.54) is 12.1 Å². The smallest absolute Gasteiger partial charge is 0.269 e. The van der Waals surface area contributed by atoms with Gasteiger partial charge in [0.05, 0.1) is 17.1 Å². The maximum absolute atomic E-state index is 10.9. The Hall–Kier alpha value is -2.22. The van der Waals surface area contributed by atoms with Crippen molar-refractivity contribution in [2.45, 2.75) is 18.6 Å². The highest BCUT2D eigenvalue weighted by molar-refractivity contribution is 9.10. The lowest BCUT2D eigenvalue weighted by molar-refractivity contribution is -0.384. The fraction of sp³-hybridized carbons (Fsp3) is 0.143. The van der Waals surface area contributed by atoms with Crippen molar-refractivity contribution >= 4 is 43.2 Å². The first-order valence-corrected chi connectivity index (χ1v) is 10.2. The van der Waals surface area contributed by atoms with Crippen molar-refractivity contribution in [3.8, 4) is 0 Å². The van der Waals surface area contributed by atoms with E-state index in [0.29, 0.717) is 6.42 Å². The molecule has 0 radical (unpaired) electrons. The minimum atomic E-state index is -0.660. The molecule has 0 aromatic heterocycles. The van der Waals surface area contributed by atoms with Crippen LogP contribution in [0, 0.1) is 10.1 Å². The SMILES string of the molecule is O=[N+]([O-])c1ccc(NC(CC(O)c2ccc(Br)cc2)c2ccc(Br)cc2)cc1. The summed E-state index contributed by atoms with van der Waals surface area (Å²) < 4.78 is 1.93. The van der Waals surface area contributed by atoms with Gasteiger partial charge in [-0.05, 0) is 47.5 Å². The molecule has 0 heterocycles. The van der Waals surface area contributed by atoms with Gasteiger partial charge in [-0.2, -0.15) is 0 Å². The molecule has 0 spiro atoms. The third-order valence-corrected chi connectivity index (χ3v) is 5.46. The Labute approximate surface area is 179 Å². The monoisotopic (exact) mass is 504 g/mol. The number of anilines is 1. The number of non-ortho nitro benzene ring substituents is 1. The van der Waals surface area contributed by atoms with E-state index in [1.807, 2.05) is 48.5 Å². The molecule has 0 bridgehead atoms. The zero-order chi connectivity index (χ0) is 20.1. The Morgan fingerprint density at radius 1 is 0.857 bits per heavy atom. The van der Waals surface area contributed by atoms with Crippen LogP contribution in [0.4, 0.5) is 11.4 Å². The zero-order valence-electron chi connectivity index (χ0n) is 14.8. The average molecular weight is 506 g/mol. The molecule has 0 aliphatic heterocycles. The number of hydrogen-bond acceptors (Lipinski definition) is 4. The van der Waals surface area contributed by atoms with Gasteiger partial charge in [-0.25, -0.2) is 0 Å². The maximum Gasteiger partial charge on any atom is 0.269 e. The highest BCUT2D eigenvalue weighted by atomic mass is 79.9. The van der Waals surface area contributed by atoms with Gasteiger partial charge in [-0.3, -0.25) is 10.1 Å². The number of aliphatic hydroxyl groups is 1. The van der Waals surface area contributed by atoms with Crippen LogP contribution >= 0.6 is 31.9 Å². The molecule has 28 heavy (non-hydrogen) atoms. The van der Waals surface area contributed by atoms with Gasteiger partial charge in [-0.1, -0.05) is 56.1 Å². The minimum Gasteiger partial charge on any atom is -0.388 e. The molecule has 2 N–H and O–H groups in total. The zero-order valence-corrected chi connectivity index (χ0v) is 17.9. The molecule has 0 saturated heterocycles. The first-order chi connectivity index (χ1) is 13.4. The van der Waals surface area contributed by atoms with Crippen molar-refractivity contribution < 1.29 is 10.0 Å². The number of nitrogens with zero attached hydrogens (tertiary/aromatic N) is 1. The molecule has 0 fully saturated rings. The Kier molecular flexibility index (Phi) is 6.83. The number of benzene rings is 3. The number of nitro groups is 1. The van der Waals surface area contributed by atoms with E-state index in [1.54, 1.807) is 12.1 Å². The molecule has 0 aliphatic carbocycles. The second kappa shape index (κ2) is 9.32. The standard InChI is InChI=1S/C21H18Br2N2O3/c22-16-5-1-14(2-6-16)20(13-21(26)15-3-7-17(23)8-4-15)24-18-9-11-19(12-10-18)25(27)28/h1-12,20-21,24,26H,13H2. The number of aliphatic hydroxyl groups excluding tert-OH is 1. The Bertz CT molecular complexity index is 929. The summed E-state index contributed by atoms with van der Waals surface area (Å²) in [6.45, 7) is 0. The first kappa shape index (κ1) is 20.5. The van der Waals surface area contributed by atoms with Crippen LogP contribution in [-0.2, 0) is 0 Å². The van der Waals surface area contributed by atoms with Crippen LogP contribution in [0.5, 0.6) is 0 Å². The van der Waals surface area contributed by atoms with Crippen molar-refractivity contribution in [1.29, 1.82) is 0 Å². The van der Waals surface area contributed by atoms with E-state index in [-0.39, 0.29) is 11.7 Å². The molecule has 0 aliphatic rings. The summed E-state index contributed by atoms with van der Waals surface area (Å²) in [7, 11) is 0. The Morgan fingerprint density at radius 2 is 1.36 bits per heavy atom. The van der Waals surface area contributed by atoms with E-state index >= 15 is 0 Å². The van der Waals surface area contributed by atoms with Crippen LogP contribution in [0.15, 0.2) is 81.7 Å². The van der Waals surface area contributed by atoms with E-state index in [2.05, 4.69) is 37.2 Å². The highest BCUT2D eigenvalue weighted by Gasteiger charge is 2.18. The molecule has 3 aromatic carbocycles. The first-order valence-electron chi connectivity index (χ1n) is 8.62. The van der Waals surface area contributed by atoms with Gasteiger partial charge < -0.3 is 10.4 Å². The van der Waals surface area contributed by atoms with E-state index in [9.17, 15) is 15.2 Å². The van der Waals surface area contributed by atoms with Gasteiger partial charge in [0.1, 0.15) is 0 Å². The van der Waals surface area contributed by atoms with Crippen molar-refractivity contribution in [1.82, 2.24) is 0 Å². The third kappa shape index (κ3) is 5.41. The lowest BCUT2D eigenvalue weighted by Gasteiger charge is -2.24. The lowest BCUT2D eigenvalue weighted by Crippen LogP contribution is -2.15. The summed E-state index contributed by atoms with van der Waals surface area (Å²) >= 11 is 6.84. The molecule has 3 aromatic rings. The average Bonchev–Trinajstić information content (AvgIpc) is 2.69. The quantitative estimate of drug-likeness (QED) is 0.288. The molecular weight excluding hydrogens is 488 g/mol. The largest absolute Gasteiger partial charge is 0.388 e. The van der Waals surface area contributed by atoms with Gasteiger partial charge in [-0.15, -0.1) is 0 Å². The van der Waals surface area contributed by atoms with Crippen molar-refractivity contribution in [3.63, 3.8) is 0 Å². The number of hydrogen-bond donors (Lipinski definition) is 2. The topological polar surface area (TPSA) is 75.4 Å². The normalized spacial score (nSPS) is 13.0. The summed E-state index contributed by atoms with van der Waals surface area (Å²) in [5, 5.41) is 25.0. The van der Waals surface area contributed by atoms with Crippen LogP contribution in [0.2, 0.25) is 0 Å². The molecule has 3 rings (SSSR count). The van der Waals surface area contributed by atoms with Crippen LogP contribution in [0.25, 0.3) is 0 Å². The van der Waals surface area contributed by atoms with Crippen LogP contribution in [0.3, 0.4) is 0 Å². The summed E-state index contributed by atoms with van der Waals surface area (Å²) in [6.07, 6.45) is -0.215. The van der Waals surface area contributed by atoms with Crippen LogP contribution in [-0.4, -0.2) is 10.0 Å². The van der Waals surface area contributed by atoms with Crippen LogP contribution in [0.1, 0.15) is 29.7 Å². The molecule has 2 unspecified atom stereocenters. The molecule has 0 amide bonds. The number of nitrogens with one attached hydrogen (secondary N) is 1. The van der Waals surface area contributed by atoms with E-state index in [0.717, 1.165) is 25.8 Å². The second-order valence-electron chi connectivity index (χ2n) is 6.36. The number of halogens is 2. The summed E-state index contributed by atoms with van der Waals surface area (Å²) in [6, 6.07) is 21.6. The molecule has 5 nitrogen and oxygen atoms in total. The Balaban J connectivity index is 1.83. The predicted molar refractivity (Wildman–Crippen MR) is 117 cm³/mol. The summed E-state index contributed by atoms with van der Waals surface area (Å²) in [5.74, 6) is 0. The van der Waals surface area contributed by atoms with Crippen LogP contribution < -0.4 is 5.32 Å². The number of nitro benzene ring substituents is 1. The Morgan fingerprint density at radius 3 is 1.86 bits per heavy atom. The lowest BCUT2D eigenvalue weighted by atomic mass is 9.96. The fourth-order valence-electron chi connectivity index (χ4n) is 2.90. The summed E-state index contributed by atoms with van der Waals surface area (Å²) in [4.78, 5) is 10.4. The number of rotatable bonds is 7. The van der Waals surface area contributed by atoms with Crippen molar-refractivity contribution in [2.75, 3.05) is 5.32 Å². The minimum absolute atomic E-state index is 0.0423.